The fourth-order valence-electron chi connectivity index (χ4n) is 1.34. The van der Waals surface area contributed by atoms with Crippen LogP contribution in [-0.4, -0.2) is 35.2 Å². The SMILES string of the molecule is CSC1(C(=O)O)CCNCC1. The van der Waals surface area contributed by atoms with Gasteiger partial charge in [-0.2, -0.15) is 0 Å². The van der Waals surface area contributed by atoms with Crippen LogP contribution in [0.15, 0.2) is 0 Å². The van der Waals surface area contributed by atoms with Crippen molar-refractivity contribution in [3.63, 3.8) is 0 Å². The first-order chi connectivity index (χ1) is 5.21. The summed E-state index contributed by atoms with van der Waals surface area (Å²) in [6, 6.07) is 0. The van der Waals surface area contributed by atoms with Gasteiger partial charge < -0.3 is 10.4 Å². The van der Waals surface area contributed by atoms with Crippen molar-refractivity contribution in [1.29, 1.82) is 0 Å². The first-order valence-corrected chi connectivity index (χ1v) is 4.93. The lowest BCUT2D eigenvalue weighted by Gasteiger charge is -2.31. The summed E-state index contributed by atoms with van der Waals surface area (Å²) >= 11 is 1.46. The molecule has 0 bridgehead atoms. The van der Waals surface area contributed by atoms with E-state index in [0.29, 0.717) is 0 Å². The molecule has 0 atom stereocenters. The minimum atomic E-state index is -0.661. The fraction of sp³-hybridized carbons (Fsp3) is 0.857. The summed E-state index contributed by atoms with van der Waals surface area (Å²) in [5, 5.41) is 12.1. The van der Waals surface area contributed by atoms with E-state index in [0.717, 1.165) is 25.9 Å². The van der Waals surface area contributed by atoms with Gasteiger partial charge in [0, 0.05) is 0 Å². The Morgan fingerprint density at radius 2 is 2.09 bits per heavy atom. The van der Waals surface area contributed by atoms with Crippen molar-refractivity contribution in [3.05, 3.63) is 0 Å². The van der Waals surface area contributed by atoms with E-state index in [-0.39, 0.29) is 0 Å². The van der Waals surface area contributed by atoms with Crippen LogP contribution < -0.4 is 5.32 Å². The number of piperidine rings is 1. The van der Waals surface area contributed by atoms with Crippen molar-refractivity contribution < 1.29 is 9.90 Å². The summed E-state index contributed by atoms with van der Waals surface area (Å²) in [6.07, 6.45) is 3.35. The summed E-state index contributed by atoms with van der Waals surface area (Å²) in [6.45, 7) is 1.65. The molecule has 11 heavy (non-hydrogen) atoms. The Hall–Kier alpha value is -0.220. The number of aliphatic carboxylic acids is 1. The van der Waals surface area contributed by atoms with Gasteiger partial charge in [0.1, 0.15) is 4.75 Å². The molecule has 0 spiro atoms. The molecular formula is C7H13NO2S. The highest BCUT2D eigenvalue weighted by Crippen LogP contribution is 2.32. The highest BCUT2D eigenvalue weighted by molar-refractivity contribution is 8.00. The molecule has 1 fully saturated rings. The minimum absolute atomic E-state index is 0.509. The predicted octanol–water partition coefficient (Wildman–Crippen LogP) is 0.556. The van der Waals surface area contributed by atoms with Gasteiger partial charge in [-0.3, -0.25) is 4.79 Å². The number of carboxylic acids is 1. The first kappa shape index (κ1) is 8.87. The monoisotopic (exact) mass is 175 g/mol. The van der Waals surface area contributed by atoms with Gasteiger partial charge in [0.2, 0.25) is 0 Å². The Labute approximate surface area is 70.6 Å². The van der Waals surface area contributed by atoms with E-state index >= 15 is 0 Å². The molecule has 0 aliphatic carbocycles. The zero-order valence-electron chi connectivity index (χ0n) is 6.59. The highest BCUT2D eigenvalue weighted by Gasteiger charge is 2.38. The fourth-order valence-corrected chi connectivity index (χ4v) is 2.12. The topological polar surface area (TPSA) is 49.3 Å². The molecule has 2 N–H and O–H groups in total. The van der Waals surface area contributed by atoms with Crippen molar-refractivity contribution in [2.45, 2.75) is 17.6 Å². The Morgan fingerprint density at radius 1 is 1.55 bits per heavy atom. The largest absolute Gasteiger partial charge is 0.480 e. The lowest BCUT2D eigenvalue weighted by atomic mass is 9.97. The molecule has 64 valence electrons. The van der Waals surface area contributed by atoms with Crippen LogP contribution in [-0.2, 0) is 4.79 Å². The lowest BCUT2D eigenvalue weighted by Crippen LogP contribution is -2.45. The average Bonchev–Trinajstić information content (AvgIpc) is 2.05. The zero-order chi connectivity index (χ0) is 8.32. The first-order valence-electron chi connectivity index (χ1n) is 3.70. The Balaban J connectivity index is 2.64. The molecule has 0 aromatic rings. The maximum Gasteiger partial charge on any atom is 0.319 e. The van der Waals surface area contributed by atoms with Crippen molar-refractivity contribution in [3.8, 4) is 0 Å². The maximum absolute atomic E-state index is 10.9. The van der Waals surface area contributed by atoms with Crippen molar-refractivity contribution in [2.75, 3.05) is 19.3 Å². The highest BCUT2D eigenvalue weighted by atomic mass is 32.2. The second-order valence-electron chi connectivity index (χ2n) is 2.75. The van der Waals surface area contributed by atoms with Gasteiger partial charge in [-0.15, -0.1) is 11.8 Å². The van der Waals surface area contributed by atoms with Gasteiger partial charge in [-0.25, -0.2) is 0 Å². The Kier molecular flexibility index (Phi) is 2.78. The summed E-state index contributed by atoms with van der Waals surface area (Å²) in [5.41, 5.74) is 0. The van der Waals surface area contributed by atoms with E-state index in [1.807, 2.05) is 6.26 Å². The minimum Gasteiger partial charge on any atom is -0.480 e. The third kappa shape index (κ3) is 1.68. The van der Waals surface area contributed by atoms with Gasteiger partial charge in [0.25, 0.3) is 0 Å². The van der Waals surface area contributed by atoms with Crippen LogP contribution in [0.25, 0.3) is 0 Å². The lowest BCUT2D eigenvalue weighted by molar-refractivity contribution is -0.140. The van der Waals surface area contributed by atoms with E-state index in [1.54, 1.807) is 0 Å². The van der Waals surface area contributed by atoms with Crippen LogP contribution >= 0.6 is 11.8 Å². The van der Waals surface area contributed by atoms with Gasteiger partial charge >= 0.3 is 5.97 Å². The van der Waals surface area contributed by atoms with Crippen LogP contribution in [0.3, 0.4) is 0 Å². The van der Waals surface area contributed by atoms with Crippen molar-refractivity contribution >= 4 is 17.7 Å². The zero-order valence-corrected chi connectivity index (χ0v) is 7.41. The van der Waals surface area contributed by atoms with Crippen LogP contribution in [0, 0.1) is 0 Å². The third-order valence-corrected chi connectivity index (χ3v) is 3.56. The number of hydrogen-bond acceptors (Lipinski definition) is 3. The molecule has 1 rings (SSSR count). The van der Waals surface area contributed by atoms with E-state index in [2.05, 4.69) is 5.32 Å². The van der Waals surface area contributed by atoms with Gasteiger partial charge in [-0.05, 0) is 32.2 Å². The van der Waals surface area contributed by atoms with Crippen molar-refractivity contribution in [2.24, 2.45) is 0 Å². The Bertz CT molecular complexity index is 155. The number of nitrogens with one attached hydrogen (secondary N) is 1. The van der Waals surface area contributed by atoms with Crippen LogP contribution in [0.2, 0.25) is 0 Å². The molecule has 1 saturated heterocycles. The number of carboxylic acid groups (broad SMARTS) is 1. The smallest absolute Gasteiger partial charge is 0.319 e. The predicted molar refractivity (Wildman–Crippen MR) is 46.0 cm³/mol. The quantitative estimate of drug-likeness (QED) is 0.643. The molecule has 0 aromatic heterocycles. The molecule has 1 aliphatic rings. The standard InChI is InChI=1S/C7H13NO2S/c1-11-7(6(9)10)2-4-8-5-3-7/h8H,2-5H2,1H3,(H,9,10). The average molecular weight is 175 g/mol. The van der Waals surface area contributed by atoms with Crippen LogP contribution in [0.1, 0.15) is 12.8 Å². The van der Waals surface area contributed by atoms with Gasteiger partial charge in [0.15, 0.2) is 0 Å². The molecule has 0 saturated carbocycles. The molecule has 0 amide bonds. The Morgan fingerprint density at radius 3 is 2.36 bits per heavy atom. The third-order valence-electron chi connectivity index (χ3n) is 2.19. The van der Waals surface area contributed by atoms with Gasteiger partial charge in [-0.1, -0.05) is 0 Å². The summed E-state index contributed by atoms with van der Waals surface area (Å²) in [7, 11) is 0. The molecule has 3 nitrogen and oxygen atoms in total. The van der Waals surface area contributed by atoms with Gasteiger partial charge in [0.05, 0.1) is 0 Å². The molecular weight excluding hydrogens is 162 g/mol. The number of carbonyl (C=O) groups is 1. The van der Waals surface area contributed by atoms with E-state index in [4.69, 9.17) is 5.11 Å². The van der Waals surface area contributed by atoms with E-state index < -0.39 is 10.7 Å². The normalized spacial score (nSPS) is 23.0. The second-order valence-corrected chi connectivity index (χ2v) is 3.94. The van der Waals surface area contributed by atoms with E-state index in [1.165, 1.54) is 11.8 Å². The number of thioether (sulfide) groups is 1. The molecule has 0 unspecified atom stereocenters. The van der Waals surface area contributed by atoms with E-state index in [9.17, 15) is 4.79 Å². The number of hydrogen-bond donors (Lipinski definition) is 2. The summed E-state index contributed by atoms with van der Waals surface area (Å²) in [4.78, 5) is 10.9. The summed E-state index contributed by atoms with van der Waals surface area (Å²) < 4.78 is -0.509. The maximum atomic E-state index is 10.9. The van der Waals surface area contributed by atoms with Crippen molar-refractivity contribution in [1.82, 2.24) is 5.32 Å². The second kappa shape index (κ2) is 3.45. The molecule has 0 aromatic carbocycles. The van der Waals surface area contributed by atoms with Crippen LogP contribution in [0.5, 0.6) is 0 Å². The molecule has 1 heterocycles. The summed E-state index contributed by atoms with van der Waals surface area (Å²) in [5.74, 6) is -0.661. The molecule has 4 heteroatoms. The van der Waals surface area contributed by atoms with Crippen LogP contribution in [0.4, 0.5) is 0 Å². The molecule has 1 aliphatic heterocycles. The molecule has 0 radical (unpaired) electrons. The number of rotatable bonds is 2.